The average Bonchev–Trinajstić information content (AvgIpc) is 2.54. The van der Waals surface area contributed by atoms with Gasteiger partial charge in [-0.15, -0.1) is 0 Å². The summed E-state index contributed by atoms with van der Waals surface area (Å²) in [5.74, 6) is 0.197. The maximum atomic E-state index is 11.2. The minimum atomic E-state index is -0.0732. The van der Waals surface area contributed by atoms with Crippen molar-refractivity contribution < 1.29 is 4.73 Å². The second-order valence-corrected chi connectivity index (χ2v) is 4.55. The lowest BCUT2D eigenvalue weighted by Crippen LogP contribution is -2.31. The SMILES string of the molecule is CC(C)(C)n1ccc2c(N)[n+]([O-])cnc21. The molecule has 0 saturated carbocycles. The zero-order chi connectivity index (χ0) is 11.2. The van der Waals surface area contributed by atoms with Gasteiger partial charge in [-0.25, -0.2) is 0 Å². The summed E-state index contributed by atoms with van der Waals surface area (Å²) >= 11 is 0. The van der Waals surface area contributed by atoms with Gasteiger partial charge in [-0.3, -0.25) is 4.73 Å². The Balaban J connectivity index is 2.78. The highest BCUT2D eigenvalue weighted by atomic mass is 16.5. The largest absolute Gasteiger partial charge is 0.740 e. The smallest absolute Gasteiger partial charge is 0.232 e. The average molecular weight is 206 g/mol. The van der Waals surface area contributed by atoms with E-state index in [2.05, 4.69) is 25.8 Å². The fourth-order valence-corrected chi connectivity index (χ4v) is 1.59. The van der Waals surface area contributed by atoms with Gasteiger partial charge < -0.3 is 15.5 Å². The Labute approximate surface area is 87.7 Å². The van der Waals surface area contributed by atoms with Crippen LogP contribution in [0.1, 0.15) is 20.8 Å². The third-order valence-corrected chi connectivity index (χ3v) is 2.38. The lowest BCUT2D eigenvalue weighted by atomic mass is 10.1. The van der Waals surface area contributed by atoms with Gasteiger partial charge >= 0.3 is 0 Å². The first-order chi connectivity index (χ1) is 6.91. The first-order valence-electron chi connectivity index (χ1n) is 4.76. The molecule has 80 valence electrons. The summed E-state index contributed by atoms with van der Waals surface area (Å²) in [6, 6.07) is 1.82. The molecule has 0 aliphatic rings. The van der Waals surface area contributed by atoms with Gasteiger partial charge in [-0.1, -0.05) is 4.98 Å². The molecule has 2 N–H and O–H groups in total. The molecule has 2 heterocycles. The Kier molecular flexibility index (Phi) is 1.86. The Morgan fingerprint density at radius 2 is 2.13 bits per heavy atom. The van der Waals surface area contributed by atoms with Crippen LogP contribution >= 0.6 is 0 Å². The Morgan fingerprint density at radius 3 is 2.73 bits per heavy atom. The molecule has 0 unspecified atom stereocenters. The van der Waals surface area contributed by atoms with Crippen molar-refractivity contribution in [3.05, 3.63) is 23.8 Å². The van der Waals surface area contributed by atoms with E-state index in [1.54, 1.807) is 0 Å². The van der Waals surface area contributed by atoms with Crippen molar-refractivity contribution in [1.82, 2.24) is 9.55 Å². The zero-order valence-electron chi connectivity index (χ0n) is 9.06. The molecule has 15 heavy (non-hydrogen) atoms. The Hall–Kier alpha value is -1.78. The summed E-state index contributed by atoms with van der Waals surface area (Å²) < 4.78 is 2.58. The number of nitrogen functional groups attached to an aromatic ring is 1. The van der Waals surface area contributed by atoms with Crippen LogP contribution in [0.3, 0.4) is 0 Å². The molecule has 0 saturated heterocycles. The predicted octanol–water partition coefficient (Wildman–Crippen LogP) is 1.01. The molecule has 0 atom stereocenters. The molecule has 5 nitrogen and oxygen atoms in total. The first kappa shape index (κ1) is 9.76. The minimum Gasteiger partial charge on any atom is -0.740 e. The second kappa shape index (κ2) is 2.85. The monoisotopic (exact) mass is 206 g/mol. The van der Waals surface area contributed by atoms with Crippen LogP contribution in [-0.4, -0.2) is 9.55 Å². The summed E-state index contributed by atoms with van der Waals surface area (Å²) in [5, 5.41) is 11.9. The summed E-state index contributed by atoms with van der Waals surface area (Å²) in [6.45, 7) is 6.22. The van der Waals surface area contributed by atoms with Crippen molar-refractivity contribution in [2.24, 2.45) is 0 Å². The van der Waals surface area contributed by atoms with Crippen LogP contribution in [-0.2, 0) is 5.54 Å². The van der Waals surface area contributed by atoms with Crippen LogP contribution in [0, 0.1) is 5.21 Å². The van der Waals surface area contributed by atoms with Gasteiger partial charge in [-0.2, -0.15) is 0 Å². The summed E-state index contributed by atoms with van der Waals surface area (Å²) in [5.41, 5.74) is 6.34. The van der Waals surface area contributed by atoms with E-state index in [4.69, 9.17) is 5.73 Å². The number of rotatable bonds is 0. The molecule has 0 radical (unpaired) electrons. The van der Waals surface area contributed by atoms with Gasteiger partial charge in [0.2, 0.25) is 17.8 Å². The number of fused-ring (bicyclic) bond motifs is 1. The maximum absolute atomic E-state index is 11.2. The third kappa shape index (κ3) is 1.40. The van der Waals surface area contributed by atoms with Crippen molar-refractivity contribution in [2.45, 2.75) is 26.3 Å². The lowest BCUT2D eigenvalue weighted by Gasteiger charge is -2.20. The molecule has 0 amide bonds. The molecule has 0 bridgehead atoms. The number of nitrogens with two attached hydrogens (primary N) is 1. The highest BCUT2D eigenvalue weighted by Gasteiger charge is 2.19. The van der Waals surface area contributed by atoms with E-state index in [0.29, 0.717) is 10.1 Å². The molecule has 0 fully saturated rings. The van der Waals surface area contributed by atoms with E-state index >= 15 is 0 Å². The molecular formula is C10H14N4O. The van der Waals surface area contributed by atoms with Gasteiger partial charge in [0, 0.05) is 11.7 Å². The van der Waals surface area contributed by atoms with Crippen LogP contribution in [0.15, 0.2) is 18.6 Å². The predicted molar refractivity (Wildman–Crippen MR) is 58.1 cm³/mol. The summed E-state index contributed by atoms with van der Waals surface area (Å²) in [6.07, 6.45) is 3.09. The van der Waals surface area contributed by atoms with Gasteiger partial charge in [0.05, 0.1) is 0 Å². The van der Waals surface area contributed by atoms with Crippen LogP contribution < -0.4 is 10.5 Å². The minimum absolute atomic E-state index is 0.0732. The normalized spacial score (nSPS) is 12.2. The van der Waals surface area contributed by atoms with Crippen LogP contribution in [0.25, 0.3) is 11.0 Å². The number of aromatic nitrogens is 3. The molecule has 2 aromatic heterocycles. The number of nitrogens with zero attached hydrogens (tertiary/aromatic N) is 3. The fraction of sp³-hybridized carbons (Fsp3) is 0.400. The third-order valence-electron chi connectivity index (χ3n) is 2.38. The molecule has 0 aromatic carbocycles. The topological polar surface area (TPSA) is 70.8 Å². The Morgan fingerprint density at radius 1 is 1.47 bits per heavy atom. The number of anilines is 1. The molecular weight excluding hydrogens is 192 g/mol. The number of hydrogen-bond donors (Lipinski definition) is 1. The lowest BCUT2D eigenvalue weighted by molar-refractivity contribution is -0.591. The van der Waals surface area contributed by atoms with Crippen molar-refractivity contribution in [1.29, 1.82) is 0 Å². The van der Waals surface area contributed by atoms with Crippen molar-refractivity contribution >= 4 is 16.9 Å². The van der Waals surface area contributed by atoms with Gasteiger partial charge in [0.25, 0.3) is 0 Å². The highest BCUT2D eigenvalue weighted by molar-refractivity contribution is 5.84. The number of hydrogen-bond acceptors (Lipinski definition) is 3. The van der Waals surface area contributed by atoms with Gasteiger partial charge in [0.15, 0.2) is 0 Å². The maximum Gasteiger partial charge on any atom is 0.232 e. The van der Waals surface area contributed by atoms with Crippen LogP contribution in [0.5, 0.6) is 0 Å². The fourth-order valence-electron chi connectivity index (χ4n) is 1.59. The zero-order valence-corrected chi connectivity index (χ0v) is 9.06. The molecule has 0 spiro atoms. The van der Waals surface area contributed by atoms with E-state index in [1.165, 1.54) is 6.33 Å². The van der Waals surface area contributed by atoms with Crippen molar-refractivity contribution in [3.63, 3.8) is 0 Å². The quantitative estimate of drug-likeness (QED) is 0.516. The van der Waals surface area contributed by atoms with E-state index in [0.717, 1.165) is 5.65 Å². The first-order valence-corrected chi connectivity index (χ1v) is 4.76. The van der Waals surface area contributed by atoms with E-state index < -0.39 is 0 Å². The molecule has 0 aliphatic heterocycles. The van der Waals surface area contributed by atoms with Crippen molar-refractivity contribution in [3.8, 4) is 0 Å². The van der Waals surface area contributed by atoms with E-state index in [-0.39, 0.29) is 11.4 Å². The molecule has 5 heteroatoms. The molecule has 2 rings (SSSR count). The summed E-state index contributed by atoms with van der Waals surface area (Å²) in [4.78, 5) is 4.10. The van der Waals surface area contributed by atoms with E-state index in [9.17, 15) is 5.21 Å². The van der Waals surface area contributed by atoms with Crippen molar-refractivity contribution in [2.75, 3.05) is 5.73 Å². The Bertz CT molecular complexity index is 510. The summed E-state index contributed by atoms with van der Waals surface area (Å²) in [7, 11) is 0. The van der Waals surface area contributed by atoms with Gasteiger partial charge in [0.1, 0.15) is 5.39 Å². The van der Waals surface area contributed by atoms with Gasteiger partial charge in [-0.05, 0) is 26.8 Å². The van der Waals surface area contributed by atoms with Crippen LogP contribution in [0.2, 0.25) is 0 Å². The highest BCUT2D eigenvalue weighted by Crippen LogP contribution is 2.23. The molecule has 2 aromatic rings. The molecule has 0 aliphatic carbocycles. The second-order valence-electron chi connectivity index (χ2n) is 4.55. The van der Waals surface area contributed by atoms with E-state index in [1.807, 2.05) is 16.8 Å². The standard InChI is InChI=1S/C10H14N4O/c1-10(2,3)13-5-4-7-8(11)14(15)6-12-9(7)13/h4-6H,11H2,1-3H3. The van der Waals surface area contributed by atoms with Crippen LogP contribution in [0.4, 0.5) is 5.82 Å².